The number of carbonyl (C=O) groups is 1. The number of hydrogen-bond acceptors (Lipinski definition) is 6. The highest BCUT2D eigenvalue weighted by Crippen LogP contribution is 2.45. The summed E-state index contributed by atoms with van der Waals surface area (Å²) in [5.74, 6) is -1.56. The Labute approximate surface area is 161 Å². The van der Waals surface area contributed by atoms with Crippen molar-refractivity contribution in [2.75, 3.05) is 7.11 Å². The van der Waals surface area contributed by atoms with Gasteiger partial charge in [-0.05, 0) is 52.4 Å². The van der Waals surface area contributed by atoms with E-state index in [9.17, 15) is 15.0 Å². The smallest absolute Gasteiger partial charge is 0.336 e. The van der Waals surface area contributed by atoms with Crippen molar-refractivity contribution in [2.24, 2.45) is 5.92 Å². The van der Waals surface area contributed by atoms with E-state index in [2.05, 4.69) is 13.0 Å². The van der Waals surface area contributed by atoms with Gasteiger partial charge >= 0.3 is 5.97 Å². The number of aliphatic hydroxyl groups excluding tert-OH is 2. The van der Waals surface area contributed by atoms with Gasteiger partial charge in [0.1, 0.15) is 12.2 Å². The van der Waals surface area contributed by atoms with Crippen molar-refractivity contribution in [3.05, 3.63) is 22.8 Å². The van der Waals surface area contributed by atoms with Crippen LogP contribution in [0.15, 0.2) is 22.8 Å². The van der Waals surface area contributed by atoms with Gasteiger partial charge in [0, 0.05) is 24.7 Å². The fourth-order valence-corrected chi connectivity index (χ4v) is 4.70. The number of fused-ring (bicyclic) bond motifs is 3. The third-order valence-electron chi connectivity index (χ3n) is 6.54. The SMILES string of the molecule is CO[C@]12C/C(C)=C/CC[C@@H](C)[C@@H]3CC[C@@](C)(O3)[C@@H](O)[C@H](O)C1=C(C)C(=O)O2. The lowest BCUT2D eigenvalue weighted by molar-refractivity contribution is -0.201. The summed E-state index contributed by atoms with van der Waals surface area (Å²) >= 11 is 0. The first-order valence-electron chi connectivity index (χ1n) is 9.83. The van der Waals surface area contributed by atoms with Crippen LogP contribution < -0.4 is 0 Å². The van der Waals surface area contributed by atoms with E-state index in [0.717, 1.165) is 24.8 Å². The van der Waals surface area contributed by atoms with Crippen LogP contribution in [0, 0.1) is 5.92 Å². The zero-order chi connectivity index (χ0) is 20.0. The second kappa shape index (κ2) is 7.32. The highest BCUT2D eigenvalue weighted by atomic mass is 16.7. The Hall–Kier alpha value is -1.21. The molecular formula is C21H32O6. The van der Waals surface area contributed by atoms with Crippen LogP contribution in [0.4, 0.5) is 0 Å². The summed E-state index contributed by atoms with van der Waals surface area (Å²) in [6, 6.07) is 0. The topological polar surface area (TPSA) is 85.2 Å². The van der Waals surface area contributed by atoms with Crippen LogP contribution in [0.25, 0.3) is 0 Å². The van der Waals surface area contributed by atoms with Gasteiger partial charge in [0.05, 0.1) is 11.7 Å². The molecule has 0 aliphatic carbocycles. The molecule has 0 unspecified atom stereocenters. The standard InChI is InChI=1S/C21H32O6/c1-12-7-6-8-13(2)15-9-10-20(4,26-15)18(23)17(22)16-14(3)19(24)27-21(16,11-12)25-5/h7,13,15,17-18,22-23H,6,8-11H2,1-5H3/b12-7+/t13-,15+,17-,18+,20-,21+/m1/s1. The average Bonchev–Trinajstić information content (AvgIpc) is 3.13. The largest absolute Gasteiger partial charge is 0.425 e. The Morgan fingerprint density at radius 1 is 1.26 bits per heavy atom. The Bertz CT molecular complexity index is 668. The van der Waals surface area contributed by atoms with E-state index in [-0.39, 0.29) is 11.7 Å². The van der Waals surface area contributed by atoms with Gasteiger partial charge in [-0.3, -0.25) is 0 Å². The van der Waals surface area contributed by atoms with Crippen LogP contribution in [-0.2, 0) is 19.0 Å². The molecule has 3 heterocycles. The lowest BCUT2D eigenvalue weighted by atomic mass is 9.82. The molecule has 1 fully saturated rings. The van der Waals surface area contributed by atoms with E-state index in [1.807, 2.05) is 13.8 Å². The van der Waals surface area contributed by atoms with Gasteiger partial charge in [-0.25, -0.2) is 4.79 Å². The van der Waals surface area contributed by atoms with Crippen LogP contribution in [0.2, 0.25) is 0 Å². The Morgan fingerprint density at radius 3 is 2.63 bits per heavy atom. The summed E-state index contributed by atoms with van der Waals surface area (Å²) in [4.78, 5) is 12.3. The van der Waals surface area contributed by atoms with Gasteiger partial charge in [-0.1, -0.05) is 18.6 Å². The van der Waals surface area contributed by atoms with E-state index >= 15 is 0 Å². The first-order chi connectivity index (χ1) is 12.6. The van der Waals surface area contributed by atoms with Crippen LogP contribution in [-0.4, -0.2) is 53.0 Å². The average molecular weight is 380 g/mol. The van der Waals surface area contributed by atoms with Gasteiger partial charge in [-0.15, -0.1) is 0 Å². The summed E-state index contributed by atoms with van der Waals surface area (Å²) in [7, 11) is 1.46. The molecule has 3 rings (SSSR count). The number of esters is 1. The zero-order valence-electron chi connectivity index (χ0n) is 16.9. The quantitative estimate of drug-likeness (QED) is 0.537. The Kier molecular flexibility index (Phi) is 5.56. The van der Waals surface area contributed by atoms with Gasteiger partial charge in [-0.2, -0.15) is 0 Å². The van der Waals surface area contributed by atoms with Crippen LogP contribution >= 0.6 is 0 Å². The lowest BCUT2D eigenvalue weighted by Gasteiger charge is -2.38. The minimum atomic E-state index is -1.39. The molecule has 3 aliphatic heterocycles. The third kappa shape index (κ3) is 3.48. The van der Waals surface area contributed by atoms with Crippen molar-refractivity contribution in [1.29, 1.82) is 0 Å². The van der Waals surface area contributed by atoms with E-state index < -0.39 is 29.6 Å². The van der Waals surface area contributed by atoms with Crippen LogP contribution in [0.5, 0.6) is 0 Å². The van der Waals surface area contributed by atoms with Gasteiger partial charge in [0.15, 0.2) is 0 Å². The number of rotatable bonds is 1. The summed E-state index contributed by atoms with van der Waals surface area (Å²) in [6.07, 6.45) is 3.35. The van der Waals surface area contributed by atoms with E-state index in [4.69, 9.17) is 14.2 Å². The lowest BCUT2D eigenvalue weighted by Crippen LogP contribution is -2.51. The molecule has 2 bridgehead atoms. The summed E-state index contributed by atoms with van der Waals surface area (Å²) < 4.78 is 17.5. The fourth-order valence-electron chi connectivity index (χ4n) is 4.70. The van der Waals surface area contributed by atoms with Crippen molar-refractivity contribution in [3.63, 3.8) is 0 Å². The second-order valence-electron chi connectivity index (χ2n) is 8.56. The van der Waals surface area contributed by atoms with E-state index in [1.54, 1.807) is 6.92 Å². The van der Waals surface area contributed by atoms with Crippen LogP contribution in [0.1, 0.15) is 59.8 Å². The van der Waals surface area contributed by atoms with Crippen molar-refractivity contribution in [2.45, 2.75) is 89.5 Å². The first-order valence-corrected chi connectivity index (χ1v) is 9.83. The summed E-state index contributed by atoms with van der Waals surface area (Å²) in [6.45, 7) is 7.58. The Morgan fingerprint density at radius 2 is 1.96 bits per heavy atom. The molecule has 0 saturated carbocycles. The molecule has 6 nitrogen and oxygen atoms in total. The molecular weight excluding hydrogens is 348 g/mol. The van der Waals surface area contributed by atoms with E-state index in [1.165, 1.54) is 7.11 Å². The van der Waals surface area contributed by atoms with Gasteiger partial charge in [0.25, 0.3) is 0 Å². The molecule has 6 heteroatoms. The highest BCUT2D eigenvalue weighted by molar-refractivity contribution is 5.92. The summed E-state index contributed by atoms with van der Waals surface area (Å²) in [5, 5.41) is 22.1. The minimum Gasteiger partial charge on any atom is -0.425 e. The first kappa shape index (κ1) is 20.5. The van der Waals surface area contributed by atoms with Crippen molar-refractivity contribution in [1.82, 2.24) is 0 Å². The molecule has 27 heavy (non-hydrogen) atoms. The van der Waals surface area contributed by atoms with Gasteiger partial charge in [0.2, 0.25) is 5.79 Å². The number of allylic oxidation sites excluding steroid dienone is 1. The number of ether oxygens (including phenoxy) is 3. The maximum absolute atomic E-state index is 12.3. The van der Waals surface area contributed by atoms with Crippen molar-refractivity contribution < 1.29 is 29.2 Å². The molecule has 1 saturated heterocycles. The molecule has 0 aromatic carbocycles. The number of hydrogen-bond donors (Lipinski definition) is 2. The van der Waals surface area contributed by atoms with Crippen molar-refractivity contribution >= 4 is 5.97 Å². The normalized spacial score (nSPS) is 45.3. The number of carbonyl (C=O) groups excluding carboxylic acids is 1. The molecule has 0 aromatic rings. The molecule has 0 radical (unpaired) electrons. The predicted octanol–water partition coefficient (Wildman–Crippen LogP) is 2.63. The molecule has 6 atom stereocenters. The van der Waals surface area contributed by atoms with Gasteiger partial charge < -0.3 is 24.4 Å². The fraction of sp³-hybridized carbons (Fsp3) is 0.762. The second-order valence-corrected chi connectivity index (χ2v) is 8.56. The molecule has 152 valence electrons. The maximum atomic E-state index is 12.3. The zero-order valence-corrected chi connectivity index (χ0v) is 16.9. The molecule has 0 aromatic heterocycles. The van der Waals surface area contributed by atoms with Crippen molar-refractivity contribution in [3.8, 4) is 0 Å². The number of aliphatic hydroxyl groups is 2. The molecule has 3 aliphatic rings. The maximum Gasteiger partial charge on any atom is 0.336 e. The highest BCUT2D eigenvalue weighted by Gasteiger charge is 2.55. The minimum absolute atomic E-state index is 0.0510. The third-order valence-corrected chi connectivity index (χ3v) is 6.54. The van der Waals surface area contributed by atoms with Crippen LogP contribution in [0.3, 0.4) is 0 Å². The Balaban J connectivity index is 2.07. The molecule has 0 spiro atoms. The summed E-state index contributed by atoms with van der Waals surface area (Å²) in [5.41, 5.74) is 0.725. The number of methoxy groups -OCH3 is 1. The molecule has 0 amide bonds. The predicted molar refractivity (Wildman–Crippen MR) is 99.8 cm³/mol. The molecule has 2 N–H and O–H groups in total. The monoisotopic (exact) mass is 380 g/mol. The van der Waals surface area contributed by atoms with E-state index in [0.29, 0.717) is 24.3 Å².